The number of rotatable bonds is 1. The Balaban J connectivity index is 2.28. The van der Waals surface area contributed by atoms with E-state index in [2.05, 4.69) is 4.98 Å². The van der Waals surface area contributed by atoms with Crippen LogP contribution in [-0.4, -0.2) is 4.98 Å². The summed E-state index contributed by atoms with van der Waals surface area (Å²) in [7, 11) is 0. The number of benzene rings is 2. The first-order valence-electron chi connectivity index (χ1n) is 5.50. The van der Waals surface area contributed by atoms with Gasteiger partial charge in [-0.15, -0.1) is 0 Å². The summed E-state index contributed by atoms with van der Waals surface area (Å²) in [5, 5.41) is 1.36. The molecule has 0 fully saturated rings. The molecule has 0 saturated carbocycles. The summed E-state index contributed by atoms with van der Waals surface area (Å²) in [6.07, 6.45) is 0. The lowest BCUT2D eigenvalue weighted by molar-refractivity contribution is 0.518. The molecule has 19 heavy (non-hydrogen) atoms. The van der Waals surface area contributed by atoms with E-state index < -0.39 is 5.63 Å². The number of hydrogen-bond donors (Lipinski definition) is 0. The van der Waals surface area contributed by atoms with E-state index in [0.717, 1.165) is 0 Å². The standard InChI is InChI=1S/C14H7Cl2NO2/c15-9-5-8(6-10(16)7-9)13-17-12-4-2-1-3-11(12)14(18)19-13/h1-7H. The van der Waals surface area contributed by atoms with Crippen molar-refractivity contribution >= 4 is 34.1 Å². The molecule has 0 saturated heterocycles. The number of aromatic nitrogens is 1. The molecule has 0 aliphatic heterocycles. The van der Waals surface area contributed by atoms with Crippen LogP contribution < -0.4 is 5.63 Å². The van der Waals surface area contributed by atoms with Gasteiger partial charge in [-0.2, -0.15) is 0 Å². The minimum Gasteiger partial charge on any atom is -0.403 e. The molecular formula is C14H7Cl2NO2. The molecule has 3 aromatic rings. The molecule has 0 radical (unpaired) electrons. The maximum atomic E-state index is 11.9. The minimum absolute atomic E-state index is 0.202. The van der Waals surface area contributed by atoms with Crippen molar-refractivity contribution < 1.29 is 4.42 Å². The van der Waals surface area contributed by atoms with E-state index in [1.54, 1.807) is 36.4 Å². The minimum atomic E-state index is -0.434. The van der Waals surface area contributed by atoms with Gasteiger partial charge in [0.25, 0.3) is 0 Å². The summed E-state index contributed by atoms with van der Waals surface area (Å²) in [6.45, 7) is 0. The molecule has 1 aromatic heterocycles. The molecule has 94 valence electrons. The van der Waals surface area contributed by atoms with Crippen LogP contribution in [0, 0.1) is 0 Å². The Bertz CT molecular complexity index is 807. The van der Waals surface area contributed by atoms with Gasteiger partial charge in [0.05, 0.1) is 10.9 Å². The average Bonchev–Trinajstić information content (AvgIpc) is 2.37. The first kappa shape index (κ1) is 12.2. The van der Waals surface area contributed by atoms with E-state index >= 15 is 0 Å². The molecule has 0 bridgehead atoms. The van der Waals surface area contributed by atoms with E-state index in [9.17, 15) is 4.79 Å². The third kappa shape index (κ3) is 2.35. The van der Waals surface area contributed by atoms with E-state index in [4.69, 9.17) is 27.6 Å². The fraction of sp³-hybridized carbons (Fsp3) is 0. The molecule has 2 aromatic carbocycles. The molecule has 0 spiro atoms. The number of halogens is 2. The average molecular weight is 292 g/mol. The van der Waals surface area contributed by atoms with Gasteiger partial charge in [0, 0.05) is 15.6 Å². The maximum Gasteiger partial charge on any atom is 0.347 e. The van der Waals surface area contributed by atoms with Gasteiger partial charge >= 0.3 is 5.63 Å². The number of hydrogen-bond acceptors (Lipinski definition) is 3. The lowest BCUT2D eigenvalue weighted by Gasteiger charge is -2.02. The Morgan fingerprint density at radius 1 is 1.00 bits per heavy atom. The van der Waals surface area contributed by atoms with Crippen LogP contribution in [0.15, 0.2) is 51.7 Å². The number of fused-ring (bicyclic) bond motifs is 1. The summed E-state index contributed by atoms with van der Waals surface area (Å²) in [4.78, 5) is 16.2. The second-order valence-corrected chi connectivity index (χ2v) is 4.85. The van der Waals surface area contributed by atoms with Gasteiger partial charge in [0.1, 0.15) is 0 Å². The summed E-state index contributed by atoms with van der Waals surface area (Å²) in [5.41, 5.74) is 0.710. The second-order valence-electron chi connectivity index (χ2n) is 3.98. The molecule has 0 aliphatic carbocycles. The summed E-state index contributed by atoms with van der Waals surface area (Å²) in [5.74, 6) is 0.202. The van der Waals surface area contributed by atoms with Crippen LogP contribution in [0.2, 0.25) is 10.0 Å². The smallest absolute Gasteiger partial charge is 0.347 e. The highest BCUT2D eigenvalue weighted by Crippen LogP contribution is 2.26. The molecule has 0 N–H and O–H groups in total. The van der Waals surface area contributed by atoms with Crippen LogP contribution in [0.5, 0.6) is 0 Å². The Hall–Kier alpha value is -1.84. The van der Waals surface area contributed by atoms with Crippen molar-refractivity contribution in [3.63, 3.8) is 0 Å². The highest BCUT2D eigenvalue weighted by atomic mass is 35.5. The topological polar surface area (TPSA) is 43.1 Å². The zero-order valence-corrected chi connectivity index (χ0v) is 11.1. The van der Waals surface area contributed by atoms with Gasteiger partial charge in [-0.25, -0.2) is 9.78 Å². The van der Waals surface area contributed by atoms with E-state index in [0.29, 0.717) is 26.5 Å². The van der Waals surface area contributed by atoms with Crippen LogP contribution in [0.25, 0.3) is 22.4 Å². The number of nitrogens with zero attached hydrogens (tertiary/aromatic N) is 1. The lowest BCUT2D eigenvalue weighted by Crippen LogP contribution is -2.02. The first-order chi connectivity index (χ1) is 9.13. The second kappa shape index (κ2) is 4.68. The molecular weight excluding hydrogens is 285 g/mol. The van der Waals surface area contributed by atoms with Gasteiger partial charge in [0.15, 0.2) is 0 Å². The zero-order chi connectivity index (χ0) is 13.4. The Morgan fingerprint density at radius 3 is 2.42 bits per heavy atom. The molecule has 0 amide bonds. The van der Waals surface area contributed by atoms with Gasteiger partial charge in [-0.3, -0.25) is 0 Å². The number of para-hydroxylation sites is 1. The zero-order valence-electron chi connectivity index (χ0n) is 9.56. The van der Waals surface area contributed by atoms with Crippen molar-refractivity contribution in [2.75, 3.05) is 0 Å². The fourth-order valence-electron chi connectivity index (χ4n) is 1.82. The van der Waals surface area contributed by atoms with Crippen LogP contribution in [0.4, 0.5) is 0 Å². The Kier molecular flexibility index (Phi) is 3.01. The van der Waals surface area contributed by atoms with E-state index in [-0.39, 0.29) is 5.89 Å². The van der Waals surface area contributed by atoms with Gasteiger partial charge < -0.3 is 4.42 Å². The van der Waals surface area contributed by atoms with Gasteiger partial charge in [-0.05, 0) is 30.3 Å². The van der Waals surface area contributed by atoms with Crippen LogP contribution in [0.1, 0.15) is 0 Å². The molecule has 0 atom stereocenters. The molecule has 1 heterocycles. The summed E-state index contributed by atoms with van der Waals surface area (Å²) >= 11 is 11.9. The summed E-state index contributed by atoms with van der Waals surface area (Å²) < 4.78 is 5.20. The van der Waals surface area contributed by atoms with Crippen molar-refractivity contribution in [1.82, 2.24) is 4.98 Å². The van der Waals surface area contributed by atoms with E-state index in [1.165, 1.54) is 0 Å². The van der Waals surface area contributed by atoms with Crippen molar-refractivity contribution in [3.8, 4) is 11.5 Å². The SMILES string of the molecule is O=c1oc(-c2cc(Cl)cc(Cl)c2)nc2ccccc12. The normalized spacial score (nSPS) is 10.8. The monoisotopic (exact) mass is 291 g/mol. The van der Waals surface area contributed by atoms with Crippen molar-refractivity contribution in [1.29, 1.82) is 0 Å². The van der Waals surface area contributed by atoms with Gasteiger partial charge in [-0.1, -0.05) is 35.3 Å². The predicted octanol–water partition coefficient (Wildman–Crippen LogP) is 4.16. The van der Waals surface area contributed by atoms with Crippen molar-refractivity contribution in [2.24, 2.45) is 0 Å². The maximum absolute atomic E-state index is 11.9. The quantitative estimate of drug-likeness (QED) is 0.676. The molecule has 0 aliphatic rings. The third-order valence-corrected chi connectivity index (χ3v) is 3.08. The fourth-order valence-corrected chi connectivity index (χ4v) is 2.35. The lowest BCUT2D eigenvalue weighted by atomic mass is 10.2. The highest BCUT2D eigenvalue weighted by Gasteiger charge is 2.09. The molecule has 3 rings (SSSR count). The molecule has 5 heteroatoms. The Labute approximate surface area is 118 Å². The summed E-state index contributed by atoms with van der Waals surface area (Å²) in [6, 6.07) is 11.9. The van der Waals surface area contributed by atoms with Crippen LogP contribution in [-0.2, 0) is 0 Å². The first-order valence-corrected chi connectivity index (χ1v) is 6.25. The molecule has 0 unspecified atom stereocenters. The predicted molar refractivity (Wildman–Crippen MR) is 75.7 cm³/mol. The largest absolute Gasteiger partial charge is 0.403 e. The van der Waals surface area contributed by atoms with E-state index in [1.807, 2.05) is 6.07 Å². The van der Waals surface area contributed by atoms with Gasteiger partial charge in [0.2, 0.25) is 5.89 Å². The van der Waals surface area contributed by atoms with Crippen LogP contribution in [0.3, 0.4) is 0 Å². The van der Waals surface area contributed by atoms with Crippen molar-refractivity contribution in [3.05, 3.63) is 62.9 Å². The third-order valence-electron chi connectivity index (χ3n) is 2.64. The van der Waals surface area contributed by atoms with Crippen molar-refractivity contribution in [2.45, 2.75) is 0 Å². The molecule has 3 nitrogen and oxygen atoms in total. The van der Waals surface area contributed by atoms with Crippen LogP contribution >= 0.6 is 23.2 Å². The Morgan fingerprint density at radius 2 is 1.68 bits per heavy atom. The highest BCUT2D eigenvalue weighted by molar-refractivity contribution is 6.35.